The van der Waals surface area contributed by atoms with Crippen molar-refractivity contribution in [2.45, 2.75) is 124 Å². The third kappa shape index (κ3) is 30.2. The van der Waals surface area contributed by atoms with E-state index < -0.39 is 49.8 Å². The topological polar surface area (TPSA) is 449 Å². The summed E-state index contributed by atoms with van der Waals surface area (Å²) in [6.45, 7) is 21.3. The fourth-order valence-corrected chi connectivity index (χ4v) is 13.3. The minimum absolute atomic E-state index is 0.234. The van der Waals surface area contributed by atoms with Gasteiger partial charge in [-0.25, -0.2) is 43.3 Å². The highest BCUT2D eigenvalue weighted by Gasteiger charge is 2.31. The number of rotatable bonds is 14. The van der Waals surface area contributed by atoms with Gasteiger partial charge in [-0.3, -0.25) is 40.3 Å². The lowest BCUT2D eigenvalue weighted by Gasteiger charge is -2.28. The van der Waals surface area contributed by atoms with Crippen molar-refractivity contribution < 1.29 is 85.9 Å². The Morgan fingerprint density at radius 2 is 1.01 bits per heavy atom. The van der Waals surface area contributed by atoms with E-state index in [1.54, 1.807) is 162 Å². The molecule has 0 aromatic carbocycles. The Kier molecular flexibility index (Phi) is 40.1. The van der Waals surface area contributed by atoms with E-state index in [1.165, 1.54) is 42.9 Å². The molecule has 12 heterocycles. The number of aromatic amines is 2. The lowest BCUT2D eigenvalue weighted by Crippen LogP contribution is -2.45. The Hall–Kier alpha value is -11.5. The molecule has 0 spiro atoms. The number of pyridine rings is 8. The minimum Gasteiger partial charge on any atom is -0.494 e. The first kappa shape index (κ1) is 101. The Bertz CT molecular complexity index is 5610. The predicted molar refractivity (Wildman–Crippen MR) is 501 cm³/mol. The van der Waals surface area contributed by atoms with Gasteiger partial charge in [-0.05, 0) is 151 Å². The molecule has 0 aliphatic heterocycles. The monoisotopic (exact) mass is 2080 g/mol. The normalized spacial score (nSPS) is 12.5. The molecule has 1 fully saturated rings. The smallest absolute Gasteiger partial charge is 0.419 e. The van der Waals surface area contributed by atoms with E-state index in [0.717, 1.165) is 59.1 Å². The quantitative estimate of drug-likeness (QED) is 0.0165. The number of ether oxygens (including phenoxy) is 12. The number of aromatic nitrogens is 12. The first-order chi connectivity index (χ1) is 58.9. The van der Waals surface area contributed by atoms with E-state index in [2.05, 4.69) is 174 Å². The SMILES string of the molecule is CCOC(=O)Nc1c(OC)ccnc1Br.CCOC(=O)Nc1c(OC)ccnc1C#C[Si](C)(C)C.COc1ccnc(Br)c1N.COc1ccnc2c(C(=O)N[C@H]3CCCC[C@@H]3O)cn(C(=O)OC(C)(C)C)c12.COc1ccnc2c(I)c[nH]c12.COc1ccnc2c(I)cn(C(=O)OC(C)(C)C)c12.COc1ccnc2cc[nH]c12.COc1ccncc1N. The third-order valence-electron chi connectivity index (χ3n) is 16.4. The van der Waals surface area contributed by atoms with Crippen LogP contribution in [0.3, 0.4) is 0 Å². The maximum absolute atomic E-state index is 12.9. The Balaban J connectivity index is 0.000000225. The number of nitrogens with two attached hydrogens (primary N) is 2. The molecule has 10 N–H and O–H groups in total. The molecule has 35 nitrogen and oxygen atoms in total. The molecule has 1 aliphatic rings. The number of H-pyrrole nitrogens is 2. The van der Waals surface area contributed by atoms with Crippen LogP contribution >= 0.6 is 77.0 Å². The molecule has 13 rings (SSSR count). The van der Waals surface area contributed by atoms with E-state index in [4.69, 9.17) is 68.3 Å². The van der Waals surface area contributed by atoms with Crippen LogP contribution in [0.15, 0.2) is 144 Å². The number of methoxy groups -OCH3 is 8. The van der Waals surface area contributed by atoms with Crippen LogP contribution in [-0.4, -0.2) is 196 Å². The molecule has 0 unspecified atom stereocenters. The maximum Gasteiger partial charge on any atom is 0.419 e. The summed E-state index contributed by atoms with van der Waals surface area (Å²) in [6, 6.07) is 15.4. The standard InChI is InChI=1S/C20H27N3O5.C14H20N2O3Si.C13H15IN2O3.C9H11BrN2O3.C8H7IN2O.C8H8N2O.C6H7BrN2O.C6H8N2O/c1-20(2,3)28-19(26)23-11-12(16-17(23)15(27-4)9-10-21-16)18(25)22-13-7-5-6-8-14(13)24;1-6-19-14(17)16-13-11(8-10-20(3,4)5)15-9-7-12(13)18-2;1-13(2,3)19-12(17)16-7-8(14)10-11(16)9(18-4)5-6-15-10;1-3-15-9(13)12-7-6(14-2)4-5-11-8(7)10;1-12-6-2-3-10-7-5(9)4-11-8(6)7;1-11-7-3-5-9-6-2-4-10-8(6)7;1-10-4-2-3-9-6(7)5(4)8;1-9-6-2-3-8-4-5(6)7/h9-11,13-14,24H,5-8H2,1-4H3,(H,22,25);7,9H,6H2,1-5H3,(H,16,17);5-7H,1-4H3;4-5H,3H2,1-2H3,(H,12,13);2-4,11H,1H3;2-5,10H,1H3;2-3H,8H2,1H3;2-4H,7H2,1H3/t13-,14-;;;;;;;/m0......./s1. The zero-order chi connectivity index (χ0) is 91.6. The van der Waals surface area contributed by atoms with Crippen LogP contribution in [0, 0.1) is 18.6 Å². The van der Waals surface area contributed by atoms with Crippen LogP contribution in [-0.2, 0) is 18.9 Å². The largest absolute Gasteiger partial charge is 0.494 e. The van der Waals surface area contributed by atoms with E-state index >= 15 is 0 Å². The highest BCUT2D eigenvalue weighted by molar-refractivity contribution is 14.1. The van der Waals surface area contributed by atoms with Gasteiger partial charge in [-0.15, -0.1) is 5.54 Å². The lowest BCUT2D eigenvalue weighted by molar-refractivity contribution is 0.0532. The van der Waals surface area contributed by atoms with Crippen molar-refractivity contribution in [3.8, 4) is 57.5 Å². The Labute approximate surface area is 763 Å². The van der Waals surface area contributed by atoms with Crippen molar-refractivity contribution >= 4 is 182 Å². The average molecular weight is 2080 g/mol. The average Bonchev–Trinajstić information content (AvgIpc) is 1.62. The fourth-order valence-electron chi connectivity index (χ4n) is 10.9. The summed E-state index contributed by atoms with van der Waals surface area (Å²) in [5.74, 6) is 7.65. The molecular formula is C84H103Br2I2N17O18Si. The van der Waals surface area contributed by atoms with Gasteiger partial charge < -0.3 is 88.7 Å². The number of fused-ring (bicyclic) bond motifs is 4. The summed E-state index contributed by atoms with van der Waals surface area (Å²) in [4.78, 5) is 99.6. The summed E-state index contributed by atoms with van der Waals surface area (Å²) in [5.41, 5.74) is 21.6. The highest BCUT2D eigenvalue weighted by Crippen LogP contribution is 2.35. The van der Waals surface area contributed by atoms with Crippen LogP contribution < -0.4 is 65.3 Å². The van der Waals surface area contributed by atoms with Crippen LogP contribution in [0.5, 0.6) is 46.0 Å². The summed E-state index contributed by atoms with van der Waals surface area (Å²) in [5, 5.41) is 18.2. The van der Waals surface area contributed by atoms with Gasteiger partial charge in [0.1, 0.15) is 136 Å². The number of carbonyl (C=O) groups is 5. The first-order valence-corrected chi connectivity index (χ1v) is 45.3. The van der Waals surface area contributed by atoms with Gasteiger partial charge in [0.2, 0.25) is 0 Å². The van der Waals surface area contributed by atoms with E-state index in [0.29, 0.717) is 115 Å². The molecule has 12 aromatic heterocycles. The van der Waals surface area contributed by atoms with Gasteiger partial charge in [-0.1, -0.05) is 38.4 Å². The van der Waals surface area contributed by atoms with E-state index in [1.807, 2.05) is 51.4 Å². The van der Waals surface area contributed by atoms with Crippen molar-refractivity contribution in [3.05, 3.63) is 163 Å². The van der Waals surface area contributed by atoms with Crippen LogP contribution in [0.2, 0.25) is 19.6 Å². The second kappa shape index (κ2) is 49.1. The highest BCUT2D eigenvalue weighted by atomic mass is 127. The molecule has 0 bridgehead atoms. The van der Waals surface area contributed by atoms with Gasteiger partial charge in [0.05, 0.1) is 112 Å². The first-order valence-electron chi connectivity index (χ1n) is 38.0. The summed E-state index contributed by atoms with van der Waals surface area (Å²) >= 11 is 10.7. The molecule has 1 saturated carbocycles. The van der Waals surface area contributed by atoms with Crippen LogP contribution in [0.1, 0.15) is 97.1 Å². The molecule has 12 aromatic rings. The lowest BCUT2D eigenvalue weighted by atomic mass is 9.92. The summed E-state index contributed by atoms with van der Waals surface area (Å²) < 4.78 is 67.3. The second-order valence-electron chi connectivity index (χ2n) is 28.6. The fraction of sp³-hybridized carbons (Fsp3) is 0.345. The number of hydrogen-bond donors (Lipinski definition) is 8. The molecule has 0 saturated heterocycles. The van der Waals surface area contributed by atoms with Crippen LogP contribution in [0.4, 0.5) is 41.9 Å². The number of aliphatic hydroxyl groups is 1. The second-order valence-corrected chi connectivity index (χ2v) is 37.2. The zero-order valence-electron chi connectivity index (χ0n) is 72.1. The van der Waals surface area contributed by atoms with E-state index in [9.17, 15) is 29.1 Å². The number of amides is 3. The van der Waals surface area contributed by atoms with Gasteiger partial charge in [0, 0.05) is 123 Å². The van der Waals surface area contributed by atoms with E-state index in [-0.39, 0.29) is 17.5 Å². The Morgan fingerprint density at radius 3 is 1.53 bits per heavy atom. The van der Waals surface area contributed by atoms with Gasteiger partial charge in [0.15, 0.2) is 0 Å². The van der Waals surface area contributed by atoms with Crippen molar-refractivity contribution in [2.24, 2.45) is 0 Å². The Morgan fingerprint density at radius 1 is 0.548 bits per heavy atom. The zero-order valence-corrected chi connectivity index (χ0v) is 80.6. The molecule has 664 valence electrons. The van der Waals surface area contributed by atoms with Crippen LogP contribution in [0.25, 0.3) is 44.1 Å². The molecule has 3 amide bonds. The van der Waals surface area contributed by atoms with Crippen molar-refractivity contribution in [3.63, 3.8) is 0 Å². The maximum atomic E-state index is 12.9. The molecule has 0 radical (unpaired) electrons. The number of nitrogen functional groups attached to an aromatic ring is 2. The number of hydrogen-bond acceptors (Lipinski definition) is 28. The van der Waals surface area contributed by atoms with Gasteiger partial charge in [0.25, 0.3) is 5.91 Å². The third-order valence-corrected chi connectivity index (χ3v) is 20.1. The summed E-state index contributed by atoms with van der Waals surface area (Å²) in [6.07, 6.45) is 22.1. The van der Waals surface area contributed by atoms with Gasteiger partial charge in [-0.2, -0.15) is 0 Å². The number of aliphatic hydroxyl groups excluding tert-OH is 1. The minimum atomic E-state index is -1.53. The number of anilines is 4. The number of carbonyl (C=O) groups excluding carboxylic acids is 5. The molecule has 40 heteroatoms. The number of nitrogens with one attached hydrogen (secondary N) is 5. The van der Waals surface area contributed by atoms with Crippen molar-refractivity contribution in [1.29, 1.82) is 0 Å². The molecule has 124 heavy (non-hydrogen) atoms. The molecular weight excluding hydrogens is 1980 g/mol. The number of halogens is 4. The molecule has 2 atom stereocenters. The van der Waals surface area contributed by atoms with Crippen molar-refractivity contribution in [1.82, 2.24) is 64.3 Å². The summed E-state index contributed by atoms with van der Waals surface area (Å²) in [7, 11) is 11.0. The van der Waals surface area contributed by atoms with Gasteiger partial charge >= 0.3 is 24.4 Å². The molecule has 1 aliphatic carbocycles. The number of nitrogens with zero attached hydrogens (tertiary/aromatic N) is 10. The van der Waals surface area contributed by atoms with Crippen molar-refractivity contribution in [2.75, 3.05) is 92.2 Å². The predicted octanol–water partition coefficient (Wildman–Crippen LogP) is 17.5.